The van der Waals surface area contributed by atoms with Crippen LogP contribution in [0.1, 0.15) is 25.0 Å². The maximum atomic E-state index is 12.2. The zero-order valence-corrected chi connectivity index (χ0v) is 15.4. The van der Waals surface area contributed by atoms with E-state index in [0.717, 1.165) is 21.2 Å². The summed E-state index contributed by atoms with van der Waals surface area (Å²) < 4.78 is 0.920. The molecule has 0 aliphatic heterocycles. The Labute approximate surface area is 145 Å². The van der Waals surface area contributed by atoms with Crippen molar-refractivity contribution in [2.75, 3.05) is 5.32 Å². The van der Waals surface area contributed by atoms with Crippen molar-refractivity contribution in [1.29, 1.82) is 0 Å². The fraction of sp³-hybridized carbons (Fsp3) is 0.222. The molecule has 0 aliphatic carbocycles. The normalized spacial score (nSPS) is 11.3. The average molecular weight is 377 g/mol. The average Bonchev–Trinajstić information content (AvgIpc) is 2.46. The molecule has 0 unspecified atom stereocenters. The molecule has 2 amide bonds. The molecule has 0 bridgehead atoms. The number of aryl methyl sites for hydroxylation is 2. The van der Waals surface area contributed by atoms with Gasteiger partial charge in [0, 0.05) is 15.9 Å². The zero-order chi connectivity index (χ0) is 17.7. The molecule has 5 heteroatoms. The molecule has 0 saturated heterocycles. The van der Waals surface area contributed by atoms with Crippen LogP contribution < -0.4 is 10.6 Å². The number of carbonyl (C=O) groups is 2. The minimum atomic E-state index is -0.745. The molecule has 0 aliphatic rings. The van der Waals surface area contributed by atoms with Crippen molar-refractivity contribution in [3.63, 3.8) is 0 Å². The van der Waals surface area contributed by atoms with Gasteiger partial charge in [-0.2, -0.15) is 0 Å². The first kappa shape index (κ1) is 18.9. The van der Waals surface area contributed by atoms with Crippen molar-refractivity contribution in [2.45, 2.75) is 27.7 Å². The molecular weight excluding hydrogens is 356 g/mol. The summed E-state index contributed by atoms with van der Waals surface area (Å²) in [5.41, 5.74) is 4.28. The van der Waals surface area contributed by atoms with Crippen molar-refractivity contribution in [1.82, 2.24) is 5.32 Å². The highest BCUT2D eigenvalue weighted by atomic mass is 79.9. The molecule has 2 N–H and O–H groups in total. The van der Waals surface area contributed by atoms with Gasteiger partial charge in [0.05, 0.1) is 0 Å². The Morgan fingerprint density at radius 3 is 2.09 bits per heavy atom. The Balaban J connectivity index is 2.97. The Bertz CT molecular complexity index is 695. The highest BCUT2D eigenvalue weighted by Crippen LogP contribution is 2.25. The van der Waals surface area contributed by atoms with E-state index in [1.807, 2.05) is 26.0 Å². The third kappa shape index (κ3) is 4.93. The lowest BCUT2D eigenvalue weighted by Crippen LogP contribution is -2.35. The zero-order valence-electron chi connectivity index (χ0n) is 13.8. The second-order valence-corrected chi connectivity index (χ2v) is 6.28. The van der Waals surface area contributed by atoms with Gasteiger partial charge in [-0.1, -0.05) is 35.2 Å². The minimum Gasteiger partial charge on any atom is -0.317 e. The van der Waals surface area contributed by atoms with Crippen molar-refractivity contribution >= 4 is 33.4 Å². The van der Waals surface area contributed by atoms with Gasteiger partial charge in [0.2, 0.25) is 0 Å². The summed E-state index contributed by atoms with van der Waals surface area (Å²) >= 11 is 3.40. The van der Waals surface area contributed by atoms with E-state index in [4.69, 9.17) is 0 Å². The number of hydrogen-bond acceptors (Lipinski definition) is 2. The number of halogens is 1. The summed E-state index contributed by atoms with van der Waals surface area (Å²) in [7, 11) is 0. The lowest BCUT2D eigenvalue weighted by Gasteiger charge is -2.14. The van der Waals surface area contributed by atoms with E-state index in [2.05, 4.69) is 39.7 Å². The SMILES string of the molecule is C=C/C(C)=C(/NC(=O)C(=O)Nc1c(C)cc(Br)cc1C)C(=C)C. The highest BCUT2D eigenvalue weighted by molar-refractivity contribution is 9.10. The summed E-state index contributed by atoms with van der Waals surface area (Å²) in [6, 6.07) is 3.75. The van der Waals surface area contributed by atoms with Crippen LogP contribution in [0.4, 0.5) is 5.69 Å². The number of hydrogen-bond donors (Lipinski definition) is 2. The lowest BCUT2D eigenvalue weighted by atomic mass is 10.1. The fourth-order valence-corrected chi connectivity index (χ4v) is 2.78. The summed E-state index contributed by atoms with van der Waals surface area (Å²) in [4.78, 5) is 24.3. The molecule has 0 radical (unpaired) electrons. The van der Waals surface area contributed by atoms with E-state index in [1.54, 1.807) is 19.9 Å². The van der Waals surface area contributed by atoms with Gasteiger partial charge in [-0.25, -0.2) is 0 Å². The van der Waals surface area contributed by atoms with Crippen molar-refractivity contribution < 1.29 is 9.59 Å². The molecule has 23 heavy (non-hydrogen) atoms. The third-order valence-electron chi connectivity index (χ3n) is 3.31. The minimum absolute atomic E-state index is 0.504. The number of anilines is 1. The van der Waals surface area contributed by atoms with Gasteiger partial charge in [-0.3, -0.25) is 9.59 Å². The molecule has 122 valence electrons. The van der Waals surface area contributed by atoms with E-state index >= 15 is 0 Å². The van der Waals surface area contributed by atoms with Crippen molar-refractivity contribution in [2.24, 2.45) is 0 Å². The molecular formula is C18H21BrN2O2. The van der Waals surface area contributed by atoms with E-state index in [-0.39, 0.29) is 0 Å². The molecule has 4 nitrogen and oxygen atoms in total. The van der Waals surface area contributed by atoms with Crippen LogP contribution in [0.15, 0.2) is 52.7 Å². The van der Waals surface area contributed by atoms with E-state index in [1.165, 1.54) is 0 Å². The summed E-state index contributed by atoms with van der Waals surface area (Å²) in [6.07, 6.45) is 1.60. The number of allylic oxidation sites excluding steroid dienone is 3. The number of amides is 2. The number of nitrogens with one attached hydrogen (secondary N) is 2. The third-order valence-corrected chi connectivity index (χ3v) is 3.77. The smallest absolute Gasteiger partial charge is 0.314 e. The Kier molecular flexibility index (Phi) is 6.51. The topological polar surface area (TPSA) is 58.2 Å². The first-order chi connectivity index (χ1) is 10.7. The predicted molar refractivity (Wildman–Crippen MR) is 98.1 cm³/mol. The standard InChI is InChI=1S/C18H21BrN2O2/c1-7-11(4)15(10(2)3)20-17(22)18(23)21-16-12(5)8-14(19)9-13(16)6/h7-9H,1-2H2,3-6H3,(H,20,22)(H,21,23)/b15-11+. The van der Waals surface area contributed by atoms with E-state index in [0.29, 0.717) is 17.0 Å². The first-order valence-electron chi connectivity index (χ1n) is 7.05. The molecule has 0 fully saturated rings. The molecule has 1 aromatic rings. The van der Waals surface area contributed by atoms with Crippen molar-refractivity contribution in [3.8, 4) is 0 Å². The van der Waals surface area contributed by atoms with Crippen LogP contribution in [-0.4, -0.2) is 11.8 Å². The molecule has 1 aromatic carbocycles. The van der Waals surface area contributed by atoms with E-state index < -0.39 is 11.8 Å². The number of carbonyl (C=O) groups excluding carboxylic acids is 2. The molecule has 0 saturated carbocycles. The summed E-state index contributed by atoms with van der Waals surface area (Å²) in [5, 5.41) is 5.24. The summed E-state index contributed by atoms with van der Waals surface area (Å²) in [5.74, 6) is -1.47. The van der Waals surface area contributed by atoms with Gasteiger partial charge in [-0.15, -0.1) is 0 Å². The summed E-state index contributed by atoms with van der Waals surface area (Å²) in [6.45, 7) is 14.7. The molecule has 0 atom stereocenters. The Hall–Kier alpha value is -2.14. The van der Waals surface area contributed by atoms with Gasteiger partial charge in [0.25, 0.3) is 0 Å². The van der Waals surface area contributed by atoms with Crippen LogP contribution in [0, 0.1) is 13.8 Å². The van der Waals surface area contributed by atoms with Gasteiger partial charge < -0.3 is 10.6 Å². The quantitative estimate of drug-likeness (QED) is 0.612. The monoisotopic (exact) mass is 376 g/mol. The highest BCUT2D eigenvalue weighted by Gasteiger charge is 2.18. The van der Waals surface area contributed by atoms with E-state index in [9.17, 15) is 9.59 Å². The van der Waals surface area contributed by atoms with Gasteiger partial charge in [0.15, 0.2) is 0 Å². The van der Waals surface area contributed by atoms with Gasteiger partial charge >= 0.3 is 11.8 Å². The van der Waals surface area contributed by atoms with Crippen LogP contribution in [0.5, 0.6) is 0 Å². The second-order valence-electron chi connectivity index (χ2n) is 5.37. The fourth-order valence-electron chi connectivity index (χ4n) is 2.09. The maximum Gasteiger partial charge on any atom is 0.314 e. The first-order valence-corrected chi connectivity index (χ1v) is 7.85. The lowest BCUT2D eigenvalue weighted by molar-refractivity contribution is -0.135. The van der Waals surface area contributed by atoms with Gasteiger partial charge in [0.1, 0.15) is 0 Å². The van der Waals surface area contributed by atoms with Gasteiger partial charge in [-0.05, 0) is 62.1 Å². The molecule has 0 heterocycles. The Morgan fingerprint density at radius 2 is 1.65 bits per heavy atom. The predicted octanol–water partition coefficient (Wildman–Crippen LogP) is 4.16. The number of rotatable bonds is 4. The largest absolute Gasteiger partial charge is 0.317 e. The van der Waals surface area contributed by atoms with Crippen molar-refractivity contribution in [3.05, 3.63) is 63.8 Å². The molecule has 1 rings (SSSR count). The Morgan fingerprint density at radius 1 is 1.13 bits per heavy atom. The van der Waals surface area contributed by atoms with Crippen LogP contribution in [-0.2, 0) is 9.59 Å². The molecule has 0 aromatic heterocycles. The van der Waals surface area contributed by atoms with Crippen LogP contribution >= 0.6 is 15.9 Å². The number of benzene rings is 1. The van der Waals surface area contributed by atoms with Crippen LogP contribution in [0.2, 0.25) is 0 Å². The van der Waals surface area contributed by atoms with Crippen LogP contribution in [0.25, 0.3) is 0 Å². The maximum absolute atomic E-state index is 12.2. The second kappa shape index (κ2) is 7.92. The molecule has 0 spiro atoms. The van der Waals surface area contributed by atoms with Crippen LogP contribution in [0.3, 0.4) is 0 Å².